The Morgan fingerprint density at radius 3 is 2.00 bits per heavy atom. The van der Waals surface area contributed by atoms with Crippen molar-refractivity contribution in [3.05, 3.63) is 142 Å². The highest BCUT2D eigenvalue weighted by Gasteiger charge is 2.48. The van der Waals surface area contributed by atoms with Gasteiger partial charge < -0.3 is 19.0 Å². The lowest BCUT2D eigenvalue weighted by atomic mass is 9.36. The number of fused-ring (bicyclic) bond motifs is 8. The average molecular weight is 902 g/mol. The molecule has 8 aromatic rings. The van der Waals surface area contributed by atoms with E-state index in [4.69, 9.17) is 16.0 Å². The largest absolute Gasteiger partial charge is 0.573 e. The lowest BCUT2D eigenvalue weighted by molar-refractivity contribution is -0.274. The summed E-state index contributed by atoms with van der Waals surface area (Å²) in [5.41, 5.74) is -4.57. The van der Waals surface area contributed by atoms with Gasteiger partial charge in [-0.25, -0.2) is 0 Å². The molecule has 0 fully saturated rings. The van der Waals surface area contributed by atoms with Crippen LogP contribution in [0, 0.1) is 20.8 Å². The molecule has 4 nitrogen and oxygen atoms in total. The number of furan rings is 1. The van der Waals surface area contributed by atoms with Crippen LogP contribution >= 0.6 is 11.3 Å². The van der Waals surface area contributed by atoms with Crippen molar-refractivity contribution in [2.45, 2.75) is 105 Å². The fourth-order valence-corrected chi connectivity index (χ4v) is 10.9. The molecule has 2 aromatic heterocycles. The molecule has 0 bridgehead atoms. The number of alkyl halides is 3. The highest BCUT2D eigenvalue weighted by atomic mass is 32.1. The average Bonchev–Trinajstić information content (AvgIpc) is 3.49. The Bertz CT molecular complexity index is 4190. The molecule has 0 amide bonds. The molecule has 6 aromatic carbocycles. The molecule has 0 atom stereocenters. The van der Waals surface area contributed by atoms with Crippen molar-refractivity contribution in [3.63, 3.8) is 0 Å². The second-order valence-electron chi connectivity index (χ2n) is 19.4. The minimum Gasteiger partial charge on any atom is -0.456 e. The summed E-state index contributed by atoms with van der Waals surface area (Å²) in [7, 11) is 0. The van der Waals surface area contributed by atoms with Gasteiger partial charge in [0.1, 0.15) is 17.1 Å². The number of nitrogens with zero attached hydrogens (tertiary/aromatic N) is 2. The highest BCUT2D eigenvalue weighted by Crippen LogP contribution is 2.54. The van der Waals surface area contributed by atoms with Crippen LogP contribution in [0.15, 0.2) is 113 Å². The Morgan fingerprint density at radius 2 is 1.37 bits per heavy atom. The summed E-state index contributed by atoms with van der Waals surface area (Å²) >= 11 is 0.947. The maximum absolute atomic E-state index is 15.2. The summed E-state index contributed by atoms with van der Waals surface area (Å²) < 4.78 is 219. The van der Waals surface area contributed by atoms with Crippen molar-refractivity contribution in [3.8, 4) is 17.1 Å². The predicted molar refractivity (Wildman–Crippen MR) is 266 cm³/mol. The van der Waals surface area contributed by atoms with E-state index in [1.165, 1.54) is 31.7 Å². The van der Waals surface area contributed by atoms with Crippen molar-refractivity contribution in [1.82, 2.24) is 0 Å². The topological polar surface area (TPSA) is 28.9 Å². The third-order valence-electron chi connectivity index (χ3n) is 12.8. The van der Waals surface area contributed by atoms with Gasteiger partial charge in [-0.1, -0.05) is 108 Å². The van der Waals surface area contributed by atoms with Crippen molar-refractivity contribution in [2.75, 3.05) is 9.80 Å². The minimum absolute atomic E-state index is 0.00167. The van der Waals surface area contributed by atoms with Gasteiger partial charge in [0.25, 0.3) is 6.71 Å². The van der Waals surface area contributed by atoms with Gasteiger partial charge in [0, 0.05) is 60.6 Å². The van der Waals surface area contributed by atoms with Crippen molar-refractivity contribution >= 4 is 88.9 Å². The molecule has 3 aliphatic rings. The van der Waals surface area contributed by atoms with Crippen LogP contribution in [0.25, 0.3) is 32.4 Å². The molecule has 0 unspecified atom stereocenters. The fraction of sp³-hybridized carbons (Fsp3) is 0.286. The van der Waals surface area contributed by atoms with Crippen LogP contribution in [-0.2, 0) is 16.2 Å². The molecule has 0 saturated heterocycles. The monoisotopic (exact) mass is 901 g/mol. The summed E-state index contributed by atoms with van der Waals surface area (Å²) in [6.07, 6.45) is -4.44. The van der Waals surface area contributed by atoms with Gasteiger partial charge in [0.2, 0.25) is 0 Å². The van der Waals surface area contributed by atoms with Crippen molar-refractivity contribution < 1.29 is 45.6 Å². The molecule has 11 rings (SSSR count). The molecule has 328 valence electrons. The molecular formula is C56H52BF3N2O2S. The molecule has 1 aliphatic carbocycles. The number of rotatable bonds is 4. The zero-order valence-electron chi connectivity index (χ0n) is 54.3. The number of ether oxygens (including phenoxy) is 1. The van der Waals surface area contributed by atoms with Crippen LogP contribution in [0.2, 0.25) is 0 Å². The highest BCUT2D eigenvalue weighted by molar-refractivity contribution is 7.33. The first-order valence-corrected chi connectivity index (χ1v) is 22.1. The van der Waals surface area contributed by atoms with E-state index < -0.39 is 136 Å². The number of hydrogen-bond donors (Lipinski definition) is 0. The van der Waals surface area contributed by atoms with Crippen LogP contribution < -0.4 is 30.2 Å². The van der Waals surface area contributed by atoms with E-state index in [2.05, 4.69) is 0 Å². The zero-order valence-corrected chi connectivity index (χ0v) is 38.1. The van der Waals surface area contributed by atoms with Gasteiger partial charge >= 0.3 is 6.36 Å². The van der Waals surface area contributed by atoms with Gasteiger partial charge in [-0.3, -0.25) is 0 Å². The smallest absolute Gasteiger partial charge is 0.456 e. The quantitative estimate of drug-likeness (QED) is 0.165. The van der Waals surface area contributed by atoms with Crippen LogP contribution in [0.1, 0.15) is 118 Å². The van der Waals surface area contributed by atoms with Crippen LogP contribution in [0.4, 0.5) is 47.3 Å². The third-order valence-corrected chi connectivity index (χ3v) is 14.0. The number of hydrogen-bond acceptors (Lipinski definition) is 5. The zero-order chi connectivity index (χ0) is 60.5. The first kappa shape index (κ1) is 26.9. The van der Waals surface area contributed by atoms with Crippen LogP contribution in [0.5, 0.6) is 5.75 Å². The van der Waals surface area contributed by atoms with E-state index in [9.17, 15) is 16.4 Å². The maximum atomic E-state index is 15.2. The Kier molecular flexibility index (Phi) is 5.81. The Labute approximate surface area is 407 Å². The molecule has 9 heteroatoms. The second-order valence-corrected chi connectivity index (χ2v) is 20.5. The summed E-state index contributed by atoms with van der Waals surface area (Å²) in [6, 6.07) is -8.65. The van der Waals surface area contributed by atoms with E-state index in [0.29, 0.717) is 24.0 Å². The lowest BCUT2D eigenvalue weighted by Crippen LogP contribution is -2.60. The Morgan fingerprint density at radius 1 is 0.738 bits per heavy atom. The molecular weight excluding hydrogens is 833 g/mol. The predicted octanol–water partition coefficient (Wildman–Crippen LogP) is 14.9. The number of anilines is 6. The van der Waals surface area contributed by atoms with E-state index >= 15 is 13.2 Å². The first-order chi connectivity index (χ1) is 37.8. The third kappa shape index (κ3) is 6.62. The SMILES string of the molecule is [2H]c1c([2H])c([2H])c(-c2cc3c([2H])c4c(c([2H])c3o2)B2c3sc5c([2H])c6c(c([2H])c5c3N(c3c([2H])c([2H])c(C(C)(C)C)c([2H])c3[2H])c3c([2H])c(OC(F)(F)F)c([2H])c(c32)N4c2c(C)c([2H])c(C)c([2H])c2C)C(C)(C)CCC6(C)C)c([2H])c1[2H]. The number of benzene rings is 6. The Balaban J connectivity index is 1.44. The molecule has 0 N–H and O–H groups in total. The van der Waals surface area contributed by atoms with E-state index in [1.807, 2.05) is 27.7 Å². The van der Waals surface area contributed by atoms with E-state index in [0.717, 1.165) is 16.2 Å². The summed E-state index contributed by atoms with van der Waals surface area (Å²) in [6.45, 7) is 15.7. The van der Waals surface area contributed by atoms with Gasteiger partial charge in [0.05, 0.1) is 34.7 Å². The Hall–Kier alpha value is -5.93. The second kappa shape index (κ2) is 14.0. The molecule has 0 spiro atoms. The standard InChI is InChI=1S/C56H52BF3N2O2S/c1-31-22-32(2)50(33(3)23-31)62-43-24-35-25-46(34-14-12-11-13-15-34)63-47(35)30-42(43)57-49-44(26-38(27-45(49)62)64-56(58,59)60)61(37-18-16-36(17-19-37)53(4,5)6)51-39-28-40-41(29-48(39)65-52(51)57)55(9,10)21-20-54(40,7)8/h11-19,22-30H,20-21H2,1-10H3/i11D,12D,13D,14D,15D,16D,17D,18D,19D,22D,23D,24D,26D,27D,28D,29D,30D. The summed E-state index contributed by atoms with van der Waals surface area (Å²) in [5, 5.41) is -0.205. The van der Waals surface area contributed by atoms with Crippen molar-refractivity contribution in [1.29, 1.82) is 0 Å². The minimum atomic E-state index is -5.61. The molecule has 4 heterocycles. The van der Waals surface area contributed by atoms with Crippen molar-refractivity contribution in [2.24, 2.45) is 0 Å². The number of thiophene rings is 1. The maximum Gasteiger partial charge on any atom is 0.573 e. The fourth-order valence-electron chi connectivity index (χ4n) is 9.64. The van der Waals surface area contributed by atoms with E-state index in [1.54, 1.807) is 20.8 Å². The van der Waals surface area contributed by atoms with Crippen LogP contribution in [-0.4, -0.2) is 13.1 Å². The lowest BCUT2D eigenvalue weighted by Gasteiger charge is -2.44. The first-order valence-electron chi connectivity index (χ1n) is 29.8. The normalized spacial score (nSPS) is 19.8. The summed E-state index contributed by atoms with van der Waals surface area (Å²) in [5.74, 6) is -1.78. The van der Waals surface area contributed by atoms with Gasteiger partial charge in [-0.2, -0.15) is 0 Å². The van der Waals surface area contributed by atoms with Crippen LogP contribution in [0.3, 0.4) is 0 Å². The molecule has 2 aliphatic heterocycles. The molecule has 0 saturated carbocycles. The molecule has 65 heavy (non-hydrogen) atoms. The van der Waals surface area contributed by atoms with Gasteiger partial charge in [0.15, 0.2) is 0 Å². The van der Waals surface area contributed by atoms with Gasteiger partial charge in [-0.05, 0) is 131 Å². The number of halogens is 3. The van der Waals surface area contributed by atoms with E-state index in [-0.39, 0.29) is 106 Å². The summed E-state index contributed by atoms with van der Waals surface area (Å²) in [4.78, 5) is 2.28. The molecule has 0 radical (unpaired) electrons. The van der Waals surface area contributed by atoms with Gasteiger partial charge in [-0.15, -0.1) is 24.5 Å².